The van der Waals surface area contributed by atoms with Crippen LogP contribution in [0.15, 0.2) is 12.4 Å². The summed E-state index contributed by atoms with van der Waals surface area (Å²) in [5.74, 6) is 1.19. The van der Waals surface area contributed by atoms with Crippen LogP contribution >= 0.6 is 0 Å². The van der Waals surface area contributed by atoms with Crippen molar-refractivity contribution in [2.45, 2.75) is 45.6 Å². The average molecular weight is 221 g/mol. The smallest absolute Gasteiger partial charge is 0.108 e. The molecule has 1 N–H and O–H groups in total. The van der Waals surface area contributed by atoms with E-state index in [1.165, 1.54) is 25.1 Å². The number of rotatable bonds is 6. The zero-order valence-corrected chi connectivity index (χ0v) is 10.7. The number of nitrogens with one attached hydrogen (secondary N) is 1. The quantitative estimate of drug-likeness (QED) is 0.797. The summed E-state index contributed by atoms with van der Waals surface area (Å²) in [7, 11) is 2.07. The lowest BCUT2D eigenvalue weighted by molar-refractivity contribution is 0.315. The fraction of sp³-hybridized carbons (Fsp3) is 0.769. The molecule has 3 nitrogen and oxygen atoms in total. The first-order valence-corrected chi connectivity index (χ1v) is 6.26. The van der Waals surface area contributed by atoms with E-state index >= 15 is 0 Å². The van der Waals surface area contributed by atoms with E-state index < -0.39 is 0 Å². The zero-order chi connectivity index (χ0) is 11.6. The highest BCUT2D eigenvalue weighted by atomic mass is 15.0. The maximum atomic E-state index is 4.40. The van der Waals surface area contributed by atoms with Crippen molar-refractivity contribution in [1.82, 2.24) is 14.9 Å². The van der Waals surface area contributed by atoms with Crippen LogP contribution in [0.2, 0.25) is 0 Å². The van der Waals surface area contributed by atoms with Gasteiger partial charge in [-0.3, -0.25) is 0 Å². The summed E-state index contributed by atoms with van der Waals surface area (Å²) in [6, 6.07) is 0.823. The highest BCUT2D eigenvalue weighted by Gasteiger charge is 2.23. The number of aryl methyl sites for hydroxylation is 1. The zero-order valence-electron chi connectivity index (χ0n) is 10.7. The first-order valence-electron chi connectivity index (χ1n) is 6.26. The van der Waals surface area contributed by atoms with Crippen molar-refractivity contribution in [3.63, 3.8) is 0 Å². The molecule has 1 aromatic heterocycles. The van der Waals surface area contributed by atoms with Gasteiger partial charge in [-0.15, -0.1) is 0 Å². The van der Waals surface area contributed by atoms with E-state index in [0.717, 1.165) is 19.0 Å². The summed E-state index contributed by atoms with van der Waals surface area (Å²) in [4.78, 5) is 4.40. The monoisotopic (exact) mass is 221 g/mol. The normalized spacial score (nSPS) is 16.7. The van der Waals surface area contributed by atoms with Crippen LogP contribution in [0, 0.1) is 5.41 Å². The largest absolute Gasteiger partial charge is 0.338 e. The highest BCUT2D eigenvalue weighted by Crippen LogP contribution is 2.25. The molecule has 0 saturated heterocycles. The van der Waals surface area contributed by atoms with Crippen molar-refractivity contribution in [1.29, 1.82) is 0 Å². The maximum Gasteiger partial charge on any atom is 0.108 e. The third kappa shape index (κ3) is 3.34. The van der Waals surface area contributed by atoms with Crippen LogP contribution in [0.5, 0.6) is 0 Å². The van der Waals surface area contributed by atoms with E-state index in [2.05, 4.69) is 35.8 Å². The van der Waals surface area contributed by atoms with Crippen LogP contribution in [0.3, 0.4) is 0 Å². The molecular formula is C13H23N3. The molecule has 1 aliphatic carbocycles. The molecule has 0 aliphatic heterocycles. The lowest BCUT2D eigenvalue weighted by atomic mass is 9.85. The number of aromatic nitrogens is 2. The maximum absolute atomic E-state index is 4.40. The van der Waals surface area contributed by atoms with Gasteiger partial charge in [0.25, 0.3) is 0 Å². The van der Waals surface area contributed by atoms with Crippen molar-refractivity contribution >= 4 is 0 Å². The molecule has 0 spiro atoms. The van der Waals surface area contributed by atoms with Crippen LogP contribution < -0.4 is 5.32 Å². The Labute approximate surface area is 98.3 Å². The molecule has 0 atom stereocenters. The minimum absolute atomic E-state index is 0.334. The number of hydrogen-bond donors (Lipinski definition) is 1. The van der Waals surface area contributed by atoms with Crippen LogP contribution in [0.4, 0.5) is 0 Å². The predicted octanol–water partition coefficient (Wildman–Crippen LogP) is 2.13. The van der Waals surface area contributed by atoms with Crippen molar-refractivity contribution in [3.05, 3.63) is 18.2 Å². The van der Waals surface area contributed by atoms with E-state index in [1.807, 2.05) is 12.4 Å². The molecule has 90 valence electrons. The van der Waals surface area contributed by atoms with Crippen molar-refractivity contribution < 1.29 is 0 Å². The molecule has 16 heavy (non-hydrogen) atoms. The van der Waals surface area contributed by atoms with Crippen molar-refractivity contribution in [3.8, 4) is 0 Å². The molecular weight excluding hydrogens is 198 g/mol. The average Bonchev–Trinajstić information content (AvgIpc) is 2.92. The Morgan fingerprint density at radius 3 is 2.81 bits per heavy atom. The van der Waals surface area contributed by atoms with Gasteiger partial charge in [-0.25, -0.2) is 4.98 Å². The Morgan fingerprint density at radius 2 is 2.25 bits per heavy atom. The Balaban J connectivity index is 1.79. The molecule has 3 heteroatoms. The Bertz CT molecular complexity index is 337. The number of nitrogens with zero attached hydrogens (tertiary/aromatic N) is 2. The standard InChI is InChI=1S/C13H23N3/c1-13(2,6-7-14-11-4-5-11)10-12-15-8-9-16(12)3/h8-9,11,14H,4-7,10H2,1-3H3. The summed E-state index contributed by atoms with van der Waals surface area (Å²) < 4.78 is 2.12. The lowest BCUT2D eigenvalue weighted by Crippen LogP contribution is -2.26. The van der Waals surface area contributed by atoms with Gasteiger partial charge < -0.3 is 9.88 Å². The van der Waals surface area contributed by atoms with E-state index in [1.54, 1.807) is 0 Å². The fourth-order valence-electron chi connectivity index (χ4n) is 1.99. The van der Waals surface area contributed by atoms with Gasteiger partial charge in [0.1, 0.15) is 5.82 Å². The number of hydrogen-bond acceptors (Lipinski definition) is 2. The minimum Gasteiger partial charge on any atom is -0.338 e. The SMILES string of the molecule is Cn1ccnc1CC(C)(C)CCNC1CC1. The molecule has 0 amide bonds. The molecule has 1 saturated carbocycles. The minimum atomic E-state index is 0.334. The van der Waals surface area contributed by atoms with Gasteiger partial charge in [0.05, 0.1) is 0 Å². The third-order valence-electron chi connectivity index (χ3n) is 3.37. The molecule has 1 aromatic rings. The first kappa shape index (κ1) is 11.6. The van der Waals surface area contributed by atoms with Crippen LogP contribution in [0.25, 0.3) is 0 Å². The summed E-state index contributed by atoms with van der Waals surface area (Å²) in [6.45, 7) is 5.80. The first-order chi connectivity index (χ1) is 7.57. The summed E-state index contributed by atoms with van der Waals surface area (Å²) in [6.07, 6.45) is 8.93. The van der Waals surface area contributed by atoms with Gasteiger partial charge in [0.15, 0.2) is 0 Å². The van der Waals surface area contributed by atoms with Gasteiger partial charge in [0.2, 0.25) is 0 Å². The van der Waals surface area contributed by atoms with Gasteiger partial charge in [-0.2, -0.15) is 0 Å². The molecule has 0 unspecified atom stereocenters. The summed E-state index contributed by atoms with van der Waals surface area (Å²) >= 11 is 0. The van der Waals surface area contributed by atoms with Crippen molar-refractivity contribution in [2.75, 3.05) is 6.54 Å². The molecule has 1 aliphatic rings. The summed E-state index contributed by atoms with van der Waals surface area (Å²) in [5, 5.41) is 3.58. The highest BCUT2D eigenvalue weighted by molar-refractivity contribution is 4.95. The topological polar surface area (TPSA) is 29.9 Å². The van der Waals surface area contributed by atoms with E-state index in [4.69, 9.17) is 0 Å². The lowest BCUT2D eigenvalue weighted by Gasteiger charge is -2.24. The van der Waals surface area contributed by atoms with E-state index in [9.17, 15) is 0 Å². The second-order valence-electron chi connectivity index (χ2n) is 5.77. The van der Waals surface area contributed by atoms with E-state index in [-0.39, 0.29) is 0 Å². The second-order valence-corrected chi connectivity index (χ2v) is 5.77. The van der Waals surface area contributed by atoms with Gasteiger partial charge >= 0.3 is 0 Å². The van der Waals surface area contributed by atoms with Gasteiger partial charge in [-0.05, 0) is 31.2 Å². The van der Waals surface area contributed by atoms with Crippen LogP contribution in [-0.4, -0.2) is 22.1 Å². The van der Waals surface area contributed by atoms with Gasteiger partial charge in [-0.1, -0.05) is 13.8 Å². The Hall–Kier alpha value is -0.830. The van der Waals surface area contributed by atoms with Gasteiger partial charge in [0, 0.05) is 31.9 Å². The van der Waals surface area contributed by atoms with Crippen LogP contribution in [0.1, 0.15) is 38.9 Å². The van der Waals surface area contributed by atoms with Crippen LogP contribution in [-0.2, 0) is 13.5 Å². The summed E-state index contributed by atoms with van der Waals surface area (Å²) in [5.41, 5.74) is 0.334. The molecule has 1 heterocycles. The molecule has 0 bridgehead atoms. The number of imidazole rings is 1. The molecule has 2 rings (SSSR count). The molecule has 0 radical (unpaired) electrons. The molecule has 0 aromatic carbocycles. The Morgan fingerprint density at radius 1 is 1.50 bits per heavy atom. The second kappa shape index (κ2) is 4.58. The Kier molecular flexibility index (Phi) is 3.33. The third-order valence-corrected chi connectivity index (χ3v) is 3.37. The molecule has 1 fully saturated rings. The van der Waals surface area contributed by atoms with E-state index in [0.29, 0.717) is 5.41 Å². The predicted molar refractivity (Wildman–Crippen MR) is 66.3 cm³/mol. The fourth-order valence-corrected chi connectivity index (χ4v) is 1.99. The van der Waals surface area contributed by atoms with Crippen molar-refractivity contribution in [2.24, 2.45) is 12.5 Å².